The number of rotatable bonds is 5. The fourth-order valence-electron chi connectivity index (χ4n) is 1.78. The van der Waals surface area contributed by atoms with Crippen LogP contribution in [-0.4, -0.2) is 15.1 Å². The van der Waals surface area contributed by atoms with Gasteiger partial charge in [0.2, 0.25) is 5.88 Å². The number of hydrogen-bond donors (Lipinski definition) is 1. The molecule has 1 heterocycles. The van der Waals surface area contributed by atoms with Crippen LogP contribution in [0.1, 0.15) is 38.4 Å². The molecule has 0 bridgehead atoms. The van der Waals surface area contributed by atoms with E-state index < -0.39 is 0 Å². The van der Waals surface area contributed by atoms with Crippen molar-refractivity contribution in [3.05, 3.63) is 47.9 Å². The van der Waals surface area contributed by atoms with Gasteiger partial charge in [0, 0.05) is 0 Å². The van der Waals surface area contributed by atoms with E-state index in [1.54, 1.807) is 0 Å². The van der Waals surface area contributed by atoms with Gasteiger partial charge < -0.3 is 9.84 Å². The molecule has 0 atom stereocenters. The van der Waals surface area contributed by atoms with Crippen molar-refractivity contribution in [3.63, 3.8) is 0 Å². The lowest BCUT2D eigenvalue weighted by Gasteiger charge is -2.23. The van der Waals surface area contributed by atoms with Crippen LogP contribution in [0.5, 0.6) is 11.6 Å². The second-order valence-corrected chi connectivity index (χ2v) is 5.37. The number of hydrogen-bond acceptors (Lipinski definition) is 4. The molecule has 2 aromatic rings. The minimum atomic E-state index is -0.117. The highest BCUT2D eigenvalue weighted by atomic mass is 16.5. The molecule has 106 valence electrons. The topological polar surface area (TPSA) is 55.2 Å². The minimum absolute atomic E-state index is 0.117. The Morgan fingerprint density at radius 3 is 2.30 bits per heavy atom. The lowest BCUT2D eigenvalue weighted by atomic mass is 9.82. The van der Waals surface area contributed by atoms with E-state index in [-0.39, 0.29) is 12.0 Å². The molecule has 0 saturated carbocycles. The Hall–Kier alpha value is -1.94. The van der Waals surface area contributed by atoms with E-state index in [0.29, 0.717) is 11.6 Å². The first-order valence-corrected chi connectivity index (χ1v) is 6.75. The second-order valence-electron chi connectivity index (χ2n) is 5.37. The molecule has 0 fully saturated rings. The summed E-state index contributed by atoms with van der Waals surface area (Å²) < 4.78 is 5.62. The number of ether oxygens (including phenoxy) is 1. The third kappa shape index (κ3) is 3.33. The molecule has 2 rings (SSSR count). The average molecular weight is 272 g/mol. The monoisotopic (exact) mass is 272 g/mol. The summed E-state index contributed by atoms with van der Waals surface area (Å²) in [5, 5.41) is 8.91. The van der Waals surface area contributed by atoms with Crippen molar-refractivity contribution in [1.29, 1.82) is 0 Å². The molecule has 0 spiro atoms. The highest BCUT2D eigenvalue weighted by Crippen LogP contribution is 2.29. The Bertz CT molecular complexity index is 548. The standard InChI is InChI=1S/C16H20N2O2/c1-4-16(2,3)12-5-7-14(8-6-12)20-15-10-17-13(11-19)9-18-15/h5-10,19H,4,11H2,1-3H3. The van der Waals surface area contributed by atoms with Crippen molar-refractivity contribution >= 4 is 0 Å². The van der Waals surface area contributed by atoms with Crippen LogP contribution in [0.4, 0.5) is 0 Å². The Balaban J connectivity index is 2.10. The number of aliphatic hydroxyl groups excluding tert-OH is 1. The van der Waals surface area contributed by atoms with E-state index in [2.05, 4.69) is 42.9 Å². The summed E-state index contributed by atoms with van der Waals surface area (Å²) in [7, 11) is 0. The van der Waals surface area contributed by atoms with Crippen molar-refractivity contribution in [2.75, 3.05) is 0 Å². The van der Waals surface area contributed by atoms with E-state index in [1.807, 2.05) is 12.1 Å². The third-order valence-corrected chi connectivity index (χ3v) is 3.59. The Labute approximate surface area is 119 Å². The summed E-state index contributed by atoms with van der Waals surface area (Å²) >= 11 is 0. The zero-order chi connectivity index (χ0) is 14.6. The van der Waals surface area contributed by atoms with Crippen LogP contribution in [0.2, 0.25) is 0 Å². The molecule has 0 aliphatic heterocycles. The van der Waals surface area contributed by atoms with Gasteiger partial charge in [0.15, 0.2) is 0 Å². The molecule has 0 aliphatic carbocycles. The quantitative estimate of drug-likeness (QED) is 0.905. The van der Waals surface area contributed by atoms with Gasteiger partial charge in [-0.25, -0.2) is 4.98 Å². The third-order valence-electron chi connectivity index (χ3n) is 3.59. The van der Waals surface area contributed by atoms with Crippen molar-refractivity contribution in [3.8, 4) is 11.6 Å². The molecule has 0 unspecified atom stereocenters. The molecule has 0 radical (unpaired) electrons. The van der Waals surface area contributed by atoms with Crippen LogP contribution in [0.15, 0.2) is 36.7 Å². The number of benzene rings is 1. The van der Waals surface area contributed by atoms with E-state index in [1.165, 1.54) is 18.0 Å². The molecule has 1 aromatic heterocycles. The van der Waals surface area contributed by atoms with Gasteiger partial charge in [0.1, 0.15) is 5.75 Å². The first-order valence-electron chi connectivity index (χ1n) is 6.75. The van der Waals surface area contributed by atoms with Gasteiger partial charge in [0.05, 0.1) is 24.7 Å². The van der Waals surface area contributed by atoms with Crippen LogP contribution in [-0.2, 0) is 12.0 Å². The summed E-state index contributed by atoms with van der Waals surface area (Å²) in [5.74, 6) is 1.15. The van der Waals surface area contributed by atoms with E-state index in [0.717, 1.165) is 12.2 Å². The maximum absolute atomic E-state index is 8.91. The molecule has 20 heavy (non-hydrogen) atoms. The summed E-state index contributed by atoms with van der Waals surface area (Å²) in [6, 6.07) is 8.03. The summed E-state index contributed by atoms with van der Waals surface area (Å²) in [5.41, 5.74) is 1.98. The van der Waals surface area contributed by atoms with Crippen molar-refractivity contribution in [2.45, 2.75) is 39.2 Å². The molecule has 0 aliphatic rings. The largest absolute Gasteiger partial charge is 0.438 e. The highest BCUT2D eigenvalue weighted by Gasteiger charge is 2.17. The average Bonchev–Trinajstić information content (AvgIpc) is 2.48. The number of aromatic nitrogens is 2. The van der Waals surface area contributed by atoms with E-state index >= 15 is 0 Å². The summed E-state index contributed by atoms with van der Waals surface area (Å²) in [6.07, 6.45) is 4.10. The minimum Gasteiger partial charge on any atom is -0.438 e. The maximum Gasteiger partial charge on any atom is 0.237 e. The fraction of sp³-hybridized carbons (Fsp3) is 0.375. The van der Waals surface area contributed by atoms with Gasteiger partial charge in [-0.15, -0.1) is 0 Å². The van der Waals surface area contributed by atoms with Crippen molar-refractivity contribution in [1.82, 2.24) is 9.97 Å². The molecule has 4 heteroatoms. The Morgan fingerprint density at radius 1 is 1.10 bits per heavy atom. The van der Waals surface area contributed by atoms with Crippen molar-refractivity contribution in [2.24, 2.45) is 0 Å². The summed E-state index contributed by atoms with van der Waals surface area (Å²) in [4.78, 5) is 8.11. The van der Waals surface area contributed by atoms with Crippen LogP contribution < -0.4 is 4.74 Å². The van der Waals surface area contributed by atoms with Crippen LogP contribution in [0.25, 0.3) is 0 Å². The second kappa shape index (κ2) is 6.01. The number of nitrogens with zero attached hydrogens (tertiary/aromatic N) is 2. The SMILES string of the molecule is CCC(C)(C)c1ccc(Oc2cnc(CO)cn2)cc1. The molecule has 1 N–H and O–H groups in total. The number of aliphatic hydroxyl groups is 1. The highest BCUT2D eigenvalue weighted by molar-refractivity contribution is 5.33. The van der Waals surface area contributed by atoms with Crippen molar-refractivity contribution < 1.29 is 9.84 Å². The molecule has 0 saturated heterocycles. The Morgan fingerprint density at radius 2 is 1.80 bits per heavy atom. The van der Waals surface area contributed by atoms with Gasteiger partial charge in [-0.05, 0) is 29.5 Å². The maximum atomic E-state index is 8.91. The first-order chi connectivity index (χ1) is 9.55. The van der Waals surface area contributed by atoms with Gasteiger partial charge in [-0.3, -0.25) is 4.98 Å². The van der Waals surface area contributed by atoms with E-state index in [9.17, 15) is 0 Å². The first kappa shape index (κ1) is 14.5. The molecule has 4 nitrogen and oxygen atoms in total. The van der Waals surface area contributed by atoms with Crippen LogP contribution in [0.3, 0.4) is 0 Å². The normalized spacial score (nSPS) is 11.4. The molecular formula is C16H20N2O2. The van der Waals surface area contributed by atoms with Gasteiger partial charge in [-0.2, -0.15) is 0 Å². The predicted molar refractivity (Wildman–Crippen MR) is 77.8 cm³/mol. The van der Waals surface area contributed by atoms with E-state index in [4.69, 9.17) is 9.84 Å². The van der Waals surface area contributed by atoms with Gasteiger partial charge in [-0.1, -0.05) is 32.9 Å². The smallest absolute Gasteiger partial charge is 0.237 e. The lowest BCUT2D eigenvalue weighted by molar-refractivity contribution is 0.276. The van der Waals surface area contributed by atoms with Crippen LogP contribution >= 0.6 is 0 Å². The summed E-state index contributed by atoms with van der Waals surface area (Å²) in [6.45, 7) is 6.51. The predicted octanol–water partition coefficient (Wildman–Crippen LogP) is 3.45. The van der Waals surface area contributed by atoms with Crippen LogP contribution in [0, 0.1) is 0 Å². The zero-order valence-corrected chi connectivity index (χ0v) is 12.1. The van der Waals surface area contributed by atoms with Gasteiger partial charge >= 0.3 is 0 Å². The zero-order valence-electron chi connectivity index (χ0n) is 12.1. The fourth-order valence-corrected chi connectivity index (χ4v) is 1.78. The van der Waals surface area contributed by atoms with Gasteiger partial charge in [0.25, 0.3) is 0 Å². The lowest BCUT2D eigenvalue weighted by Crippen LogP contribution is -2.14. The Kier molecular flexibility index (Phi) is 4.35. The molecular weight excluding hydrogens is 252 g/mol. The molecule has 1 aromatic carbocycles. The molecule has 0 amide bonds.